The molecule has 6 rings (SSSR count). The molecule has 11 atom stereocenters. The van der Waals surface area contributed by atoms with Crippen LogP contribution in [-0.2, 0) is 28.6 Å². The molecule has 56 heavy (non-hydrogen) atoms. The fraction of sp³-hybridized carbons (Fsp3) is 0.512. The van der Waals surface area contributed by atoms with Crippen molar-refractivity contribution in [3.8, 4) is 0 Å². The number of carbonyl (C=O) groups is 4. The summed E-state index contributed by atoms with van der Waals surface area (Å²) in [4.78, 5) is 55.5. The van der Waals surface area contributed by atoms with Gasteiger partial charge in [-0.2, -0.15) is 0 Å². The predicted octanol–water partition coefficient (Wildman–Crippen LogP) is 2.25. The van der Waals surface area contributed by atoms with Gasteiger partial charge in [-0.05, 0) is 56.5 Å². The van der Waals surface area contributed by atoms with E-state index in [2.05, 4.69) is 5.32 Å². The van der Waals surface area contributed by atoms with E-state index >= 15 is 0 Å². The first kappa shape index (κ1) is 47.3. The van der Waals surface area contributed by atoms with E-state index in [1.54, 1.807) is 82.3 Å². The zero-order valence-electron chi connectivity index (χ0n) is 32.3. The van der Waals surface area contributed by atoms with E-state index in [-0.39, 0.29) is 118 Å². The van der Waals surface area contributed by atoms with Gasteiger partial charge in [-0.1, -0.05) is 68.5 Å². The van der Waals surface area contributed by atoms with Crippen molar-refractivity contribution in [1.29, 1.82) is 0 Å². The molecule has 2 bridgehead atoms. The van der Waals surface area contributed by atoms with Crippen molar-refractivity contribution < 1.29 is 147 Å². The number of fused-ring (bicyclic) bond motifs is 5. The number of aliphatic hydroxyl groups is 5. The first-order valence-electron chi connectivity index (χ1n) is 18.2. The van der Waals surface area contributed by atoms with Gasteiger partial charge < -0.3 is 45.1 Å². The van der Waals surface area contributed by atoms with E-state index < -0.39 is 101 Å². The zero-order chi connectivity index (χ0) is 39.5. The van der Waals surface area contributed by atoms with Crippen LogP contribution in [0.1, 0.15) is 76.3 Å². The van der Waals surface area contributed by atoms with Crippen LogP contribution in [0, 0.1) is 105 Å². The number of rotatable bonds is 8. The Morgan fingerprint density at radius 1 is 0.964 bits per heavy atom. The molecule has 2 aromatic rings. The maximum Gasteiger partial charge on any atom is 0.338 e. The molecule has 2 radical (unpaired) electrons. The van der Waals surface area contributed by atoms with E-state index in [0.717, 1.165) is 0 Å². The average molecular weight is 1200 g/mol. The van der Waals surface area contributed by atoms with Gasteiger partial charge in [0.05, 0.1) is 35.8 Å². The molecule has 3 aliphatic carbocycles. The van der Waals surface area contributed by atoms with Gasteiger partial charge in [0.15, 0.2) is 11.9 Å². The van der Waals surface area contributed by atoms with Crippen LogP contribution in [0.25, 0.3) is 0 Å². The summed E-state index contributed by atoms with van der Waals surface area (Å²) in [6.07, 6.45) is -8.63. The molecule has 4 aliphatic rings. The minimum atomic E-state index is -2.29. The van der Waals surface area contributed by atoms with Gasteiger partial charge in [0.1, 0.15) is 29.5 Å². The van der Waals surface area contributed by atoms with Crippen molar-refractivity contribution >= 4 is 23.6 Å². The Morgan fingerprint density at radius 2 is 1.55 bits per heavy atom. The number of esters is 2. The number of amides is 1. The van der Waals surface area contributed by atoms with Crippen molar-refractivity contribution in [2.24, 2.45) is 16.7 Å². The van der Waals surface area contributed by atoms with Gasteiger partial charge in [0, 0.05) is 118 Å². The minimum Gasteiger partial charge on any atom is -0.456 e. The molecule has 296 valence electrons. The van der Waals surface area contributed by atoms with Gasteiger partial charge in [-0.3, -0.25) is 9.59 Å². The first-order chi connectivity index (χ1) is 25.3. The van der Waals surface area contributed by atoms with E-state index in [0.29, 0.717) is 11.1 Å². The molecule has 2 aromatic carbocycles. The summed E-state index contributed by atoms with van der Waals surface area (Å²) >= 11 is 0. The second-order valence-corrected chi connectivity index (χ2v) is 15.8. The van der Waals surface area contributed by atoms with E-state index in [4.69, 9.17) is 14.2 Å². The minimum absolute atomic E-state index is 0. The van der Waals surface area contributed by atoms with Gasteiger partial charge in [0.2, 0.25) is 5.91 Å². The Balaban J connectivity index is 0.00000348. The van der Waals surface area contributed by atoms with Crippen molar-refractivity contribution in [3.05, 3.63) is 94.6 Å². The fourth-order valence-electron chi connectivity index (χ4n) is 9.11. The Morgan fingerprint density at radius 3 is 2.11 bits per heavy atom. The quantitative estimate of drug-likeness (QED) is 0.128. The van der Waals surface area contributed by atoms with E-state index in [1.807, 2.05) is 0 Å². The van der Waals surface area contributed by atoms with Gasteiger partial charge >= 0.3 is 11.9 Å². The number of nitrogens with one attached hydrogen (secondary N) is 1. The summed E-state index contributed by atoms with van der Waals surface area (Å²) in [6, 6.07) is 15.0. The molecule has 0 spiro atoms. The number of ketones is 1. The topological polar surface area (TPSA) is 209 Å². The molecule has 13 nitrogen and oxygen atoms in total. The molecule has 1 amide bonds. The fourth-order valence-corrected chi connectivity index (χ4v) is 9.11. The predicted molar refractivity (Wildman–Crippen MR) is 192 cm³/mol. The van der Waals surface area contributed by atoms with E-state index in [1.165, 1.54) is 26.0 Å². The van der Waals surface area contributed by atoms with Crippen LogP contribution in [0.2, 0.25) is 0 Å². The van der Waals surface area contributed by atoms with Crippen LogP contribution in [0.3, 0.4) is 0 Å². The molecular formula is C41H49Ac2NO12. The molecule has 15 heteroatoms. The maximum absolute atomic E-state index is 14.7. The molecular weight excluding hydrogens is 1150 g/mol. The smallest absolute Gasteiger partial charge is 0.338 e. The van der Waals surface area contributed by atoms with Crippen molar-refractivity contribution in [2.75, 3.05) is 6.61 Å². The van der Waals surface area contributed by atoms with Gasteiger partial charge in [-0.15, -0.1) is 0 Å². The number of carbonyl (C=O) groups excluding carboxylic acids is 4. The Labute approximate surface area is 397 Å². The third-order valence-electron chi connectivity index (χ3n) is 12.7. The summed E-state index contributed by atoms with van der Waals surface area (Å²) in [7, 11) is 0. The van der Waals surface area contributed by atoms with Crippen molar-refractivity contribution in [2.45, 2.75) is 108 Å². The number of Topliss-reactive ketones (excluding diaryl/α,β-unsaturated/α-hetero) is 1. The molecule has 1 heterocycles. The summed E-state index contributed by atoms with van der Waals surface area (Å²) < 4.78 is 17.8. The largest absolute Gasteiger partial charge is 0.456 e. The summed E-state index contributed by atoms with van der Waals surface area (Å²) in [5.74, 6) is -5.02. The monoisotopic (exact) mass is 1200 g/mol. The normalized spacial score (nSPS) is 34.3. The first-order valence-corrected chi connectivity index (χ1v) is 18.2. The number of hydrogen-bond donors (Lipinski definition) is 6. The molecule has 6 N–H and O–H groups in total. The molecule has 1 saturated heterocycles. The van der Waals surface area contributed by atoms with E-state index in [9.17, 15) is 44.7 Å². The molecule has 1 aliphatic heterocycles. The standard InChI is InChI=1S/C41H49NO12.2Ac/c1-7-21(2)35(47)42-29(23-14-10-8-11-15-23)31(45)37(49)53-25-19-41(51)34(54-36(48)24-16-12-9-13-17-24)32-39(6,26(43)18-27-40(32,50)20-52-27)33(46)30(44)28(22(25)3)38(41,4)5;;/h7-17,25-27,29-32,34,43-45,50-51H,18-20H2,1-6H3,(H,42,47);;/b21-7+;;/t25?,26?,27?,29?,30?,31?,32?,34?,39-,40+,41?;;/m1../s1. The van der Waals surface area contributed by atoms with Crippen LogP contribution < -0.4 is 5.32 Å². The second kappa shape index (κ2) is 17.7. The van der Waals surface area contributed by atoms with Crippen LogP contribution >= 0.6 is 0 Å². The number of benzene rings is 2. The zero-order valence-corrected chi connectivity index (χ0v) is 41.8. The Bertz CT molecular complexity index is 1890. The third-order valence-corrected chi connectivity index (χ3v) is 12.7. The molecule has 9 unspecified atom stereocenters. The number of allylic oxidation sites excluding steroid dienone is 1. The molecule has 2 saturated carbocycles. The van der Waals surface area contributed by atoms with Crippen LogP contribution in [0.4, 0.5) is 0 Å². The van der Waals surface area contributed by atoms with Crippen molar-refractivity contribution in [1.82, 2.24) is 5.32 Å². The summed E-state index contributed by atoms with van der Waals surface area (Å²) in [5.41, 5.74) is -6.72. The van der Waals surface area contributed by atoms with Gasteiger partial charge in [0.25, 0.3) is 0 Å². The Kier molecular flexibility index (Phi) is 15.0. The van der Waals surface area contributed by atoms with Crippen LogP contribution in [0.5, 0.6) is 0 Å². The summed E-state index contributed by atoms with van der Waals surface area (Å²) in [6.45, 7) is 8.96. The number of hydrogen-bond acceptors (Lipinski definition) is 12. The van der Waals surface area contributed by atoms with Crippen LogP contribution in [-0.4, -0.2) is 104 Å². The second-order valence-electron chi connectivity index (χ2n) is 15.8. The van der Waals surface area contributed by atoms with Crippen molar-refractivity contribution in [3.63, 3.8) is 0 Å². The average Bonchev–Trinajstić information content (AvgIpc) is 3.15. The molecule has 0 aromatic heterocycles. The third kappa shape index (κ3) is 7.74. The SMILES string of the molecule is C/C=C(\C)C(=O)NC(c1ccccc1)C(O)C(=O)OC1CC2(O)C(OC(=O)c3ccccc3)C3[C@]4(O)COC4CC(O)[C@@]3(C)C(=O)C(O)C(=C1C)C2(C)C.[Ac].[Ac]. The summed E-state index contributed by atoms with van der Waals surface area (Å²) in [5, 5.41) is 63.3. The number of aliphatic hydroxyl groups excluding tert-OH is 3. The van der Waals surface area contributed by atoms with Gasteiger partial charge in [-0.25, -0.2) is 9.59 Å². The van der Waals surface area contributed by atoms with Crippen LogP contribution in [0.15, 0.2) is 83.5 Å². The number of ether oxygens (including phenoxy) is 3. The maximum atomic E-state index is 14.7. The molecule has 3 fully saturated rings. The Hall–Kier alpha value is -1.36.